The lowest BCUT2D eigenvalue weighted by Crippen LogP contribution is -2.48. The lowest BCUT2D eigenvalue weighted by atomic mass is 9.97. The highest BCUT2D eigenvalue weighted by molar-refractivity contribution is 7.91. The predicted octanol–water partition coefficient (Wildman–Crippen LogP) is 5.43. The van der Waals surface area contributed by atoms with Gasteiger partial charge in [0.1, 0.15) is 6.54 Å². The molecular weight excluding hydrogens is 575 g/mol. The van der Waals surface area contributed by atoms with Crippen LogP contribution in [-0.4, -0.2) is 86.6 Å². The van der Waals surface area contributed by atoms with Crippen molar-refractivity contribution in [3.05, 3.63) is 54.2 Å². The first-order valence-electron chi connectivity index (χ1n) is 15.0. The van der Waals surface area contributed by atoms with Gasteiger partial charge in [0.25, 0.3) is 0 Å². The summed E-state index contributed by atoms with van der Waals surface area (Å²) < 4.78 is 66.1. The molecule has 1 aromatic heterocycles. The molecule has 232 valence electrons. The Bertz CT molecular complexity index is 1560. The van der Waals surface area contributed by atoms with E-state index in [1.807, 2.05) is 6.07 Å². The summed E-state index contributed by atoms with van der Waals surface area (Å²) in [6.45, 7) is 4.98. The number of alkyl halides is 3. The Balaban J connectivity index is 1.28. The van der Waals surface area contributed by atoms with Crippen molar-refractivity contribution in [2.45, 2.75) is 62.3 Å². The van der Waals surface area contributed by atoms with Crippen LogP contribution < -0.4 is 10.6 Å². The standard InChI is InChI=1S/C32H40F3N5O2S/c1-3-43(41,42)28-11-9-24(10-12-28)36-17-5-6-27-22-29-30(7-4-8-31(29)40(27)23-32(33,34)35)37-25-13-20-39(21-14-25)26-15-18-38(2)19-16-26/h4,7-12,22,25-26,36-37H,3,13-21,23H2,1-2H3. The van der Waals surface area contributed by atoms with Gasteiger partial charge >= 0.3 is 6.18 Å². The number of fused-ring (bicyclic) bond motifs is 1. The van der Waals surface area contributed by atoms with E-state index in [1.165, 1.54) is 29.5 Å². The minimum Gasteiger partial charge on any atom is -0.382 e. The third-order valence-electron chi connectivity index (χ3n) is 8.57. The summed E-state index contributed by atoms with van der Waals surface area (Å²) in [5, 5.41) is 7.45. The van der Waals surface area contributed by atoms with Gasteiger partial charge in [-0.05, 0) is 94.2 Å². The normalized spacial score (nSPS) is 18.0. The Labute approximate surface area is 252 Å². The minimum atomic E-state index is -4.40. The first kappa shape index (κ1) is 31.2. The van der Waals surface area contributed by atoms with Gasteiger partial charge in [0.05, 0.1) is 28.4 Å². The maximum absolute atomic E-state index is 13.6. The molecule has 0 radical (unpaired) electrons. The number of sulfone groups is 1. The Hall–Kier alpha value is -3.20. The van der Waals surface area contributed by atoms with Gasteiger partial charge < -0.3 is 25.0 Å². The van der Waals surface area contributed by atoms with Gasteiger partial charge in [0, 0.05) is 41.9 Å². The molecule has 0 bridgehead atoms. The van der Waals surface area contributed by atoms with Crippen molar-refractivity contribution in [1.82, 2.24) is 14.4 Å². The predicted molar refractivity (Wildman–Crippen MR) is 166 cm³/mol. The van der Waals surface area contributed by atoms with Gasteiger partial charge in [-0.2, -0.15) is 13.2 Å². The van der Waals surface area contributed by atoms with Gasteiger partial charge in [-0.25, -0.2) is 8.42 Å². The number of piperidine rings is 2. The van der Waals surface area contributed by atoms with Crippen molar-refractivity contribution in [2.75, 3.05) is 56.2 Å². The molecule has 3 aromatic rings. The highest BCUT2D eigenvalue weighted by Crippen LogP contribution is 2.32. The number of hydrogen-bond donors (Lipinski definition) is 2. The SMILES string of the molecule is CCS(=O)(=O)c1ccc(NCC#Cc2cc3c(NC4CCN(C5CCN(C)CC5)CC4)cccc3n2CC(F)(F)F)cc1. The van der Waals surface area contributed by atoms with Crippen molar-refractivity contribution in [3.8, 4) is 11.8 Å². The number of aromatic nitrogens is 1. The Morgan fingerprint density at radius 1 is 0.977 bits per heavy atom. The van der Waals surface area contributed by atoms with Crippen molar-refractivity contribution in [2.24, 2.45) is 0 Å². The van der Waals surface area contributed by atoms with E-state index >= 15 is 0 Å². The molecule has 7 nitrogen and oxygen atoms in total. The third-order valence-corrected chi connectivity index (χ3v) is 10.3. The number of rotatable bonds is 8. The first-order valence-corrected chi connectivity index (χ1v) is 16.6. The molecule has 2 fully saturated rings. The van der Waals surface area contributed by atoms with E-state index in [4.69, 9.17) is 0 Å². The van der Waals surface area contributed by atoms with Crippen LogP contribution in [0.15, 0.2) is 53.4 Å². The van der Waals surface area contributed by atoms with Crippen LogP contribution in [0, 0.1) is 11.8 Å². The fourth-order valence-corrected chi connectivity index (χ4v) is 6.96. The Kier molecular flexibility index (Phi) is 9.59. The first-order chi connectivity index (χ1) is 20.5. The van der Waals surface area contributed by atoms with Crippen molar-refractivity contribution >= 4 is 32.1 Å². The maximum Gasteiger partial charge on any atom is 0.406 e. The van der Waals surface area contributed by atoms with E-state index in [0.29, 0.717) is 22.9 Å². The van der Waals surface area contributed by atoms with Crippen LogP contribution in [0.1, 0.15) is 38.3 Å². The summed E-state index contributed by atoms with van der Waals surface area (Å²) in [6, 6.07) is 14.5. The molecule has 0 saturated carbocycles. The highest BCUT2D eigenvalue weighted by Gasteiger charge is 2.31. The summed E-state index contributed by atoms with van der Waals surface area (Å²) in [4.78, 5) is 5.23. The number of benzene rings is 2. The zero-order valence-electron chi connectivity index (χ0n) is 24.8. The van der Waals surface area contributed by atoms with E-state index in [0.717, 1.165) is 50.1 Å². The molecule has 43 heavy (non-hydrogen) atoms. The van der Waals surface area contributed by atoms with Crippen LogP contribution in [0.3, 0.4) is 0 Å². The number of hydrogen-bond acceptors (Lipinski definition) is 6. The fraction of sp³-hybridized carbons (Fsp3) is 0.500. The van der Waals surface area contributed by atoms with Gasteiger partial charge in [-0.15, -0.1) is 0 Å². The molecule has 5 rings (SSSR count). The molecule has 2 N–H and O–H groups in total. The summed E-state index contributed by atoms with van der Waals surface area (Å²) in [6.07, 6.45) is 0.00176. The van der Waals surface area contributed by atoms with E-state index in [1.54, 1.807) is 37.3 Å². The van der Waals surface area contributed by atoms with Crippen LogP contribution in [0.2, 0.25) is 0 Å². The summed E-state index contributed by atoms with van der Waals surface area (Å²) in [7, 11) is -1.12. The van der Waals surface area contributed by atoms with E-state index < -0.39 is 22.6 Å². The largest absolute Gasteiger partial charge is 0.406 e. The fourth-order valence-electron chi connectivity index (χ4n) is 6.08. The number of likely N-dealkylation sites (tertiary alicyclic amines) is 2. The van der Waals surface area contributed by atoms with Gasteiger partial charge in [-0.1, -0.05) is 18.9 Å². The summed E-state index contributed by atoms with van der Waals surface area (Å²) >= 11 is 0. The molecule has 3 heterocycles. The number of halogens is 3. The number of anilines is 2. The van der Waals surface area contributed by atoms with Gasteiger partial charge in [0.2, 0.25) is 0 Å². The smallest absolute Gasteiger partial charge is 0.382 e. The average Bonchev–Trinajstić information content (AvgIpc) is 3.33. The minimum absolute atomic E-state index is 0.0201. The van der Waals surface area contributed by atoms with Crippen LogP contribution >= 0.6 is 0 Å². The van der Waals surface area contributed by atoms with Crippen LogP contribution in [0.5, 0.6) is 0 Å². The summed E-state index contributed by atoms with van der Waals surface area (Å²) in [5.41, 5.74) is 2.30. The zero-order chi connectivity index (χ0) is 30.6. The highest BCUT2D eigenvalue weighted by atomic mass is 32.2. The van der Waals surface area contributed by atoms with E-state index in [9.17, 15) is 21.6 Å². The Morgan fingerprint density at radius 2 is 1.67 bits per heavy atom. The maximum atomic E-state index is 13.6. The monoisotopic (exact) mass is 615 g/mol. The van der Waals surface area contributed by atoms with Crippen molar-refractivity contribution in [1.29, 1.82) is 0 Å². The molecular formula is C32H40F3N5O2S. The van der Waals surface area contributed by atoms with Crippen LogP contribution in [-0.2, 0) is 16.4 Å². The van der Waals surface area contributed by atoms with E-state index in [-0.39, 0.29) is 23.2 Å². The lowest BCUT2D eigenvalue weighted by Gasteiger charge is -2.41. The van der Waals surface area contributed by atoms with Crippen LogP contribution in [0.4, 0.5) is 24.5 Å². The molecule has 2 aliphatic heterocycles. The second-order valence-corrected chi connectivity index (χ2v) is 13.8. The molecule has 2 saturated heterocycles. The van der Waals surface area contributed by atoms with Crippen LogP contribution in [0.25, 0.3) is 10.9 Å². The molecule has 0 aliphatic carbocycles. The van der Waals surface area contributed by atoms with Gasteiger partial charge in [-0.3, -0.25) is 0 Å². The third kappa shape index (κ3) is 7.85. The molecule has 0 amide bonds. The zero-order valence-corrected chi connectivity index (χ0v) is 25.6. The molecule has 0 atom stereocenters. The average molecular weight is 616 g/mol. The molecule has 2 aliphatic rings. The van der Waals surface area contributed by atoms with Gasteiger partial charge in [0.15, 0.2) is 9.84 Å². The quantitative estimate of drug-likeness (QED) is 0.330. The molecule has 11 heteroatoms. The Morgan fingerprint density at radius 3 is 2.33 bits per heavy atom. The lowest BCUT2D eigenvalue weighted by molar-refractivity contribution is -0.140. The summed E-state index contributed by atoms with van der Waals surface area (Å²) in [5.74, 6) is 5.89. The topological polar surface area (TPSA) is 69.6 Å². The number of nitrogens with one attached hydrogen (secondary N) is 2. The number of nitrogens with zero attached hydrogens (tertiary/aromatic N) is 3. The second-order valence-electron chi connectivity index (χ2n) is 11.5. The molecule has 0 spiro atoms. The van der Waals surface area contributed by atoms with Crippen molar-refractivity contribution in [3.63, 3.8) is 0 Å². The second kappa shape index (κ2) is 13.2. The van der Waals surface area contributed by atoms with E-state index in [2.05, 4.69) is 39.3 Å². The molecule has 2 aromatic carbocycles. The molecule has 0 unspecified atom stereocenters. The van der Waals surface area contributed by atoms with Crippen molar-refractivity contribution < 1.29 is 21.6 Å².